The molecule has 12 nitrogen and oxygen atoms in total. The molecule has 4 aromatic rings. The maximum Gasteiger partial charge on any atom is 0.229 e. The zero-order chi connectivity index (χ0) is 28.8. The fourth-order valence-electron chi connectivity index (χ4n) is 4.18. The number of rotatable bonds is 12. The second kappa shape index (κ2) is 12.2. The molecule has 0 saturated heterocycles. The first-order valence-electron chi connectivity index (χ1n) is 12.0. The minimum Gasteiger partial charge on any atom is -0.493 e. The van der Waals surface area contributed by atoms with Gasteiger partial charge in [0.05, 0.1) is 62.4 Å². The molecule has 0 fully saturated rings. The molecule has 40 heavy (non-hydrogen) atoms. The molecule has 0 aliphatic rings. The average Bonchev–Trinajstić information content (AvgIpc) is 2.99. The van der Waals surface area contributed by atoms with E-state index in [4.69, 9.17) is 47.9 Å². The molecule has 4 rings (SSSR count). The molecule has 0 radical (unpaired) electrons. The van der Waals surface area contributed by atoms with Crippen LogP contribution < -0.4 is 48.5 Å². The van der Waals surface area contributed by atoms with Gasteiger partial charge < -0.3 is 48.5 Å². The lowest BCUT2D eigenvalue weighted by Crippen LogP contribution is -2.04. The SMILES string of the molecule is COc1cc2nc(Nc3cc(OC)c(OC)c(OC)c3)nc(Nc3cc(OC)c(OC)c(OC)c3)c2cc1OC. The van der Waals surface area contributed by atoms with E-state index < -0.39 is 0 Å². The van der Waals surface area contributed by atoms with Crippen molar-refractivity contribution in [3.63, 3.8) is 0 Å². The number of nitrogens with zero attached hydrogens (tertiary/aromatic N) is 2. The second-order valence-corrected chi connectivity index (χ2v) is 8.20. The lowest BCUT2D eigenvalue weighted by molar-refractivity contribution is 0.324. The van der Waals surface area contributed by atoms with Gasteiger partial charge in [-0.2, -0.15) is 4.98 Å². The van der Waals surface area contributed by atoms with Gasteiger partial charge in [0, 0.05) is 47.1 Å². The molecular formula is C28H32N4O8. The van der Waals surface area contributed by atoms with Crippen molar-refractivity contribution in [1.82, 2.24) is 9.97 Å². The largest absolute Gasteiger partial charge is 0.493 e. The lowest BCUT2D eigenvalue weighted by Gasteiger charge is -2.18. The van der Waals surface area contributed by atoms with Gasteiger partial charge in [-0.15, -0.1) is 0 Å². The molecule has 0 spiro atoms. The first-order valence-corrected chi connectivity index (χ1v) is 12.0. The predicted molar refractivity (Wildman–Crippen MR) is 151 cm³/mol. The number of nitrogens with one attached hydrogen (secondary N) is 2. The minimum absolute atomic E-state index is 0.295. The molecular weight excluding hydrogens is 520 g/mol. The van der Waals surface area contributed by atoms with Gasteiger partial charge in [-0.1, -0.05) is 0 Å². The van der Waals surface area contributed by atoms with Crippen LogP contribution in [0.5, 0.6) is 46.0 Å². The smallest absolute Gasteiger partial charge is 0.229 e. The van der Waals surface area contributed by atoms with E-state index >= 15 is 0 Å². The first kappa shape index (κ1) is 28.0. The van der Waals surface area contributed by atoms with Gasteiger partial charge in [0.15, 0.2) is 34.5 Å². The highest BCUT2D eigenvalue weighted by Gasteiger charge is 2.18. The maximum atomic E-state index is 5.53. The Morgan fingerprint density at radius 3 is 1.30 bits per heavy atom. The van der Waals surface area contributed by atoms with Gasteiger partial charge >= 0.3 is 0 Å². The van der Waals surface area contributed by atoms with E-state index in [0.717, 1.165) is 0 Å². The Hall–Kier alpha value is -5.00. The van der Waals surface area contributed by atoms with Crippen LogP contribution in [-0.4, -0.2) is 66.8 Å². The van der Waals surface area contributed by atoms with Crippen LogP contribution in [0.4, 0.5) is 23.1 Å². The van der Waals surface area contributed by atoms with Gasteiger partial charge in [0.25, 0.3) is 0 Å². The van der Waals surface area contributed by atoms with Gasteiger partial charge in [-0.05, 0) is 6.07 Å². The molecule has 0 aliphatic heterocycles. The Kier molecular flexibility index (Phi) is 8.57. The number of hydrogen-bond donors (Lipinski definition) is 2. The number of ether oxygens (including phenoxy) is 8. The van der Waals surface area contributed by atoms with E-state index in [0.29, 0.717) is 80.0 Å². The number of aromatic nitrogens is 2. The van der Waals surface area contributed by atoms with Gasteiger partial charge in [0.1, 0.15) is 5.82 Å². The van der Waals surface area contributed by atoms with Crippen molar-refractivity contribution in [3.05, 3.63) is 36.4 Å². The van der Waals surface area contributed by atoms with Crippen LogP contribution in [0.2, 0.25) is 0 Å². The summed E-state index contributed by atoms with van der Waals surface area (Å²) in [6.07, 6.45) is 0. The van der Waals surface area contributed by atoms with Crippen molar-refractivity contribution < 1.29 is 37.9 Å². The van der Waals surface area contributed by atoms with E-state index in [2.05, 4.69) is 10.6 Å². The van der Waals surface area contributed by atoms with Gasteiger partial charge in [-0.3, -0.25) is 0 Å². The van der Waals surface area contributed by atoms with E-state index in [1.165, 1.54) is 0 Å². The van der Waals surface area contributed by atoms with Crippen molar-refractivity contribution in [2.45, 2.75) is 0 Å². The zero-order valence-corrected chi connectivity index (χ0v) is 23.6. The summed E-state index contributed by atoms with van der Waals surface area (Å²) < 4.78 is 43.9. The summed E-state index contributed by atoms with van der Waals surface area (Å²) >= 11 is 0. The van der Waals surface area contributed by atoms with Gasteiger partial charge in [-0.25, -0.2) is 4.98 Å². The van der Waals surface area contributed by atoms with Crippen molar-refractivity contribution in [1.29, 1.82) is 0 Å². The number of hydrogen-bond acceptors (Lipinski definition) is 12. The number of fused-ring (bicyclic) bond motifs is 1. The van der Waals surface area contributed by atoms with Crippen LogP contribution in [0.1, 0.15) is 0 Å². The van der Waals surface area contributed by atoms with Crippen molar-refractivity contribution in [2.24, 2.45) is 0 Å². The summed E-state index contributed by atoms with van der Waals surface area (Å²) in [6, 6.07) is 10.7. The molecule has 0 amide bonds. The third-order valence-electron chi connectivity index (χ3n) is 6.05. The Morgan fingerprint density at radius 1 is 0.450 bits per heavy atom. The maximum absolute atomic E-state index is 5.53. The van der Waals surface area contributed by atoms with Crippen LogP contribution in [0, 0.1) is 0 Å². The summed E-state index contributed by atoms with van der Waals surface area (Å²) in [5.41, 5.74) is 1.86. The van der Waals surface area contributed by atoms with E-state index in [9.17, 15) is 0 Å². The molecule has 3 aromatic carbocycles. The third kappa shape index (κ3) is 5.41. The van der Waals surface area contributed by atoms with Crippen molar-refractivity contribution in [3.8, 4) is 46.0 Å². The first-order chi connectivity index (χ1) is 19.4. The highest BCUT2D eigenvalue weighted by atomic mass is 16.5. The normalized spacial score (nSPS) is 10.5. The standard InChI is InChI=1S/C28H32N4O8/c1-33-19-13-17-18(14-20(19)34-2)31-28(30-16-11-23(37-5)26(40-8)24(12-16)38-6)32-27(17)29-15-9-21(35-3)25(39-7)22(10-15)36-4/h9-14H,1-8H3,(H2,29,30,31,32). The molecule has 212 valence electrons. The van der Waals surface area contributed by atoms with Crippen LogP contribution >= 0.6 is 0 Å². The predicted octanol–water partition coefficient (Wildman–Crippen LogP) is 5.19. The Labute approximate surface area is 232 Å². The molecule has 1 aromatic heterocycles. The van der Waals surface area contributed by atoms with Crippen LogP contribution in [0.3, 0.4) is 0 Å². The van der Waals surface area contributed by atoms with Gasteiger partial charge in [0.2, 0.25) is 17.4 Å². The van der Waals surface area contributed by atoms with E-state index in [-0.39, 0.29) is 0 Å². The monoisotopic (exact) mass is 552 g/mol. The summed E-state index contributed by atoms with van der Waals surface area (Å²) in [4.78, 5) is 9.50. The third-order valence-corrected chi connectivity index (χ3v) is 6.05. The Bertz CT molecular complexity index is 1460. The van der Waals surface area contributed by atoms with Crippen molar-refractivity contribution >= 4 is 34.0 Å². The molecule has 0 atom stereocenters. The summed E-state index contributed by atoms with van der Waals surface area (Å²) in [5.74, 6) is 4.69. The molecule has 12 heteroatoms. The second-order valence-electron chi connectivity index (χ2n) is 8.20. The van der Waals surface area contributed by atoms with E-state index in [1.54, 1.807) is 93.3 Å². The highest BCUT2D eigenvalue weighted by molar-refractivity contribution is 5.94. The lowest BCUT2D eigenvalue weighted by atomic mass is 10.2. The van der Waals surface area contributed by atoms with E-state index in [1.807, 2.05) is 0 Å². The topological polar surface area (TPSA) is 124 Å². The molecule has 1 heterocycles. The quantitative estimate of drug-likeness (QED) is 0.240. The average molecular weight is 553 g/mol. The number of methoxy groups -OCH3 is 8. The number of anilines is 4. The fraction of sp³-hybridized carbons (Fsp3) is 0.286. The minimum atomic E-state index is 0.295. The molecule has 0 bridgehead atoms. The zero-order valence-electron chi connectivity index (χ0n) is 23.6. The van der Waals surface area contributed by atoms with Crippen LogP contribution in [-0.2, 0) is 0 Å². The molecule has 2 N–H and O–H groups in total. The van der Waals surface area contributed by atoms with Crippen LogP contribution in [0.25, 0.3) is 10.9 Å². The summed E-state index contributed by atoms with van der Waals surface area (Å²) in [7, 11) is 12.4. The number of benzene rings is 3. The molecule has 0 aliphatic carbocycles. The summed E-state index contributed by atoms with van der Waals surface area (Å²) in [5, 5.41) is 7.27. The fourth-order valence-corrected chi connectivity index (χ4v) is 4.18. The molecule has 0 unspecified atom stereocenters. The Balaban J connectivity index is 1.87. The van der Waals surface area contributed by atoms with Crippen molar-refractivity contribution in [2.75, 3.05) is 67.5 Å². The highest BCUT2D eigenvalue weighted by Crippen LogP contribution is 2.43. The summed E-state index contributed by atoms with van der Waals surface area (Å²) in [6.45, 7) is 0. The molecule has 0 saturated carbocycles. The Morgan fingerprint density at radius 2 is 0.875 bits per heavy atom. The van der Waals surface area contributed by atoms with Crippen LogP contribution in [0.15, 0.2) is 36.4 Å².